The summed E-state index contributed by atoms with van der Waals surface area (Å²) < 4.78 is 11.1. The second-order valence-corrected chi connectivity index (χ2v) is 7.28. The van der Waals surface area contributed by atoms with Crippen LogP contribution >= 0.6 is 11.3 Å². The predicted octanol–water partition coefficient (Wildman–Crippen LogP) is 2.90. The summed E-state index contributed by atoms with van der Waals surface area (Å²) >= 11 is 1.57. The summed E-state index contributed by atoms with van der Waals surface area (Å²) in [5.74, 6) is 1.30. The number of hydrogen-bond donors (Lipinski definition) is 0. The fraction of sp³-hybridized carbons (Fsp3) is 0.588. The molecule has 1 aliphatic carbocycles. The fourth-order valence-electron chi connectivity index (χ4n) is 3.63. The van der Waals surface area contributed by atoms with Crippen molar-refractivity contribution in [2.24, 2.45) is 0 Å². The molecule has 0 aromatic carbocycles. The molecule has 0 radical (unpaired) electrons. The Labute approximate surface area is 144 Å². The highest BCUT2D eigenvalue weighted by molar-refractivity contribution is 7.13. The molecular weight excluding hydrogens is 326 g/mol. The quantitative estimate of drug-likeness (QED) is 0.851. The first-order valence-electron chi connectivity index (χ1n) is 8.59. The van der Waals surface area contributed by atoms with Gasteiger partial charge in [-0.2, -0.15) is 4.98 Å². The molecular formula is C17H21N3O3S. The van der Waals surface area contributed by atoms with E-state index in [1.54, 1.807) is 11.3 Å². The zero-order chi connectivity index (χ0) is 16.4. The largest absolute Gasteiger partial charge is 0.374 e. The van der Waals surface area contributed by atoms with Crippen molar-refractivity contribution in [3.05, 3.63) is 23.4 Å². The Morgan fingerprint density at radius 3 is 3.17 bits per heavy atom. The molecule has 0 N–H and O–H groups in total. The predicted molar refractivity (Wildman–Crippen MR) is 89.6 cm³/mol. The smallest absolute Gasteiger partial charge is 0.227 e. The van der Waals surface area contributed by atoms with Gasteiger partial charge < -0.3 is 14.2 Å². The van der Waals surface area contributed by atoms with Gasteiger partial charge in [0.2, 0.25) is 17.6 Å². The Bertz CT molecular complexity index is 683. The van der Waals surface area contributed by atoms with E-state index in [0.717, 1.165) is 17.7 Å². The Morgan fingerprint density at radius 2 is 2.29 bits per heavy atom. The Hall–Kier alpha value is -1.73. The molecule has 4 rings (SSSR count). The Kier molecular flexibility index (Phi) is 4.62. The molecule has 1 saturated heterocycles. The summed E-state index contributed by atoms with van der Waals surface area (Å²) in [5, 5.41) is 5.97. The van der Waals surface area contributed by atoms with E-state index in [4.69, 9.17) is 9.26 Å². The summed E-state index contributed by atoms with van der Waals surface area (Å²) in [6.07, 6.45) is 5.65. The number of morpholine rings is 1. The lowest BCUT2D eigenvalue weighted by atomic mass is 9.90. The third-order valence-electron chi connectivity index (χ3n) is 4.81. The van der Waals surface area contributed by atoms with Crippen LogP contribution in [-0.4, -0.2) is 46.2 Å². The van der Waals surface area contributed by atoms with Crippen LogP contribution in [0.2, 0.25) is 0 Å². The molecule has 2 fully saturated rings. The van der Waals surface area contributed by atoms with Gasteiger partial charge in [-0.15, -0.1) is 11.3 Å². The molecule has 0 bridgehead atoms. The van der Waals surface area contributed by atoms with Crippen molar-refractivity contribution in [3.63, 3.8) is 0 Å². The SMILES string of the molecule is O=C(CCc1nc(-c2cccs2)no1)N1CCO[C@H]2CCCC[C@H]21. The fourth-order valence-corrected chi connectivity index (χ4v) is 4.28. The molecule has 128 valence electrons. The Balaban J connectivity index is 1.36. The maximum atomic E-state index is 12.6. The zero-order valence-corrected chi connectivity index (χ0v) is 14.3. The zero-order valence-electron chi connectivity index (χ0n) is 13.5. The molecule has 0 unspecified atom stereocenters. The van der Waals surface area contributed by atoms with Crippen molar-refractivity contribution in [1.29, 1.82) is 0 Å². The van der Waals surface area contributed by atoms with Crippen LogP contribution in [0.4, 0.5) is 0 Å². The molecule has 1 saturated carbocycles. The number of amides is 1. The third kappa shape index (κ3) is 3.23. The van der Waals surface area contributed by atoms with Gasteiger partial charge in [-0.1, -0.05) is 24.1 Å². The number of carbonyl (C=O) groups excluding carboxylic acids is 1. The van der Waals surface area contributed by atoms with Gasteiger partial charge >= 0.3 is 0 Å². The average Bonchev–Trinajstić information content (AvgIpc) is 3.30. The van der Waals surface area contributed by atoms with E-state index in [9.17, 15) is 4.79 Å². The molecule has 6 nitrogen and oxygen atoms in total. The van der Waals surface area contributed by atoms with Crippen LogP contribution < -0.4 is 0 Å². The Morgan fingerprint density at radius 1 is 1.38 bits per heavy atom. The van der Waals surface area contributed by atoms with Crippen molar-refractivity contribution in [1.82, 2.24) is 15.0 Å². The van der Waals surface area contributed by atoms with E-state index in [2.05, 4.69) is 10.1 Å². The van der Waals surface area contributed by atoms with Crippen LogP contribution in [0.25, 0.3) is 10.7 Å². The van der Waals surface area contributed by atoms with Gasteiger partial charge in [0.05, 0.1) is 23.6 Å². The van der Waals surface area contributed by atoms with Gasteiger partial charge in [-0.3, -0.25) is 4.79 Å². The molecule has 3 heterocycles. The van der Waals surface area contributed by atoms with Gasteiger partial charge in [-0.25, -0.2) is 0 Å². The van der Waals surface area contributed by atoms with Crippen molar-refractivity contribution in [2.75, 3.05) is 13.2 Å². The normalized spacial score (nSPS) is 23.9. The standard InChI is InChI=1S/C17H21N3O3S/c21-16(20-9-10-22-13-5-2-1-4-12(13)20)8-7-15-18-17(19-23-15)14-6-3-11-24-14/h3,6,11-13H,1-2,4-5,7-10H2/t12-,13+/m1/s1. The van der Waals surface area contributed by atoms with Crippen LogP contribution in [0, 0.1) is 0 Å². The van der Waals surface area contributed by atoms with Crippen molar-refractivity contribution in [3.8, 4) is 10.7 Å². The lowest BCUT2D eigenvalue weighted by Gasteiger charge is -2.43. The lowest BCUT2D eigenvalue weighted by Crippen LogP contribution is -2.54. The molecule has 2 aromatic heterocycles. The summed E-state index contributed by atoms with van der Waals surface area (Å²) in [6.45, 7) is 1.35. The molecule has 1 amide bonds. The second-order valence-electron chi connectivity index (χ2n) is 6.34. The van der Waals surface area contributed by atoms with Crippen LogP contribution in [0.5, 0.6) is 0 Å². The molecule has 1 aliphatic heterocycles. The van der Waals surface area contributed by atoms with Crippen molar-refractivity contribution < 1.29 is 14.1 Å². The molecule has 7 heteroatoms. The molecule has 2 aromatic rings. The summed E-state index contributed by atoms with van der Waals surface area (Å²) in [6, 6.07) is 4.17. The van der Waals surface area contributed by atoms with E-state index >= 15 is 0 Å². The van der Waals surface area contributed by atoms with Crippen LogP contribution in [0.1, 0.15) is 38.0 Å². The van der Waals surface area contributed by atoms with Crippen LogP contribution in [0.15, 0.2) is 22.0 Å². The number of rotatable bonds is 4. The third-order valence-corrected chi connectivity index (χ3v) is 5.68. The molecule has 0 spiro atoms. The number of ether oxygens (including phenoxy) is 1. The molecule has 2 atom stereocenters. The van der Waals surface area contributed by atoms with E-state index in [-0.39, 0.29) is 18.1 Å². The van der Waals surface area contributed by atoms with Gasteiger partial charge in [0.25, 0.3) is 0 Å². The summed E-state index contributed by atoms with van der Waals surface area (Å²) in [5.41, 5.74) is 0. The molecule has 24 heavy (non-hydrogen) atoms. The average molecular weight is 347 g/mol. The highest BCUT2D eigenvalue weighted by Gasteiger charge is 2.36. The first-order valence-corrected chi connectivity index (χ1v) is 9.47. The monoisotopic (exact) mass is 347 g/mol. The number of aromatic nitrogens is 2. The van der Waals surface area contributed by atoms with Gasteiger partial charge in [-0.05, 0) is 24.3 Å². The number of nitrogens with zero attached hydrogens (tertiary/aromatic N) is 3. The maximum absolute atomic E-state index is 12.6. The summed E-state index contributed by atoms with van der Waals surface area (Å²) in [4.78, 5) is 20.0. The van der Waals surface area contributed by atoms with Crippen LogP contribution in [-0.2, 0) is 16.0 Å². The maximum Gasteiger partial charge on any atom is 0.227 e. The van der Waals surface area contributed by atoms with E-state index in [0.29, 0.717) is 37.7 Å². The number of fused-ring (bicyclic) bond motifs is 1. The van der Waals surface area contributed by atoms with E-state index in [1.165, 1.54) is 12.8 Å². The second kappa shape index (κ2) is 7.03. The minimum Gasteiger partial charge on any atom is -0.374 e. The van der Waals surface area contributed by atoms with E-state index < -0.39 is 0 Å². The minimum absolute atomic E-state index is 0.172. The first-order chi connectivity index (χ1) is 11.8. The van der Waals surface area contributed by atoms with Crippen molar-refractivity contribution >= 4 is 17.2 Å². The van der Waals surface area contributed by atoms with Gasteiger partial charge in [0, 0.05) is 19.4 Å². The number of carbonyl (C=O) groups is 1. The summed E-state index contributed by atoms with van der Waals surface area (Å²) in [7, 11) is 0. The highest BCUT2D eigenvalue weighted by Crippen LogP contribution is 2.29. The lowest BCUT2D eigenvalue weighted by molar-refractivity contribution is -0.149. The topological polar surface area (TPSA) is 68.5 Å². The highest BCUT2D eigenvalue weighted by atomic mass is 32.1. The number of aryl methyl sites for hydroxylation is 1. The number of hydrogen-bond acceptors (Lipinski definition) is 6. The van der Waals surface area contributed by atoms with Crippen molar-refractivity contribution in [2.45, 2.75) is 50.7 Å². The minimum atomic E-state index is 0.172. The van der Waals surface area contributed by atoms with Gasteiger partial charge in [0.1, 0.15) is 0 Å². The molecule has 2 aliphatic rings. The van der Waals surface area contributed by atoms with Gasteiger partial charge in [0.15, 0.2) is 0 Å². The first kappa shape index (κ1) is 15.8. The van der Waals surface area contributed by atoms with Crippen LogP contribution in [0.3, 0.4) is 0 Å². The van der Waals surface area contributed by atoms with E-state index in [1.807, 2.05) is 22.4 Å². The number of thiophene rings is 1.